The fraction of sp³-hybridized carbons (Fsp3) is 0.375. The van der Waals surface area contributed by atoms with Crippen molar-refractivity contribution in [2.45, 2.75) is 38.8 Å². The van der Waals surface area contributed by atoms with E-state index in [0.717, 1.165) is 16.7 Å². The number of sulfonamides is 1. The Morgan fingerprint density at radius 3 is 2.85 bits per heavy atom. The first-order chi connectivity index (χ1) is 16.3. The van der Waals surface area contributed by atoms with E-state index in [-0.39, 0.29) is 30.4 Å². The van der Waals surface area contributed by atoms with Crippen molar-refractivity contribution >= 4 is 10.0 Å². The van der Waals surface area contributed by atoms with Crippen LogP contribution in [0.3, 0.4) is 0 Å². The summed E-state index contributed by atoms with van der Waals surface area (Å²) in [6, 6.07) is 12.7. The minimum Gasteiger partial charge on any atom is -0.490 e. The van der Waals surface area contributed by atoms with Gasteiger partial charge in [0, 0.05) is 24.3 Å². The number of hydrogen-bond acceptors (Lipinski definition) is 8. The molecule has 2 aromatic carbocycles. The standard InChI is InChI=1S/C24H26N4O5S/c1-15(2)32-22-10-7-16(13-17(22)14-25)24-26-23(27-33-24)20-6-4-5-19-18(20)8-9-21(19)28-34(29,30)12-11-31-3/h4-7,10,13,15,21,28H,8-9,11-12H2,1-3H3/t21-/m0/s1. The molecule has 10 heteroatoms. The Kier molecular flexibility index (Phi) is 6.97. The molecule has 9 nitrogen and oxygen atoms in total. The zero-order valence-corrected chi connectivity index (χ0v) is 20.1. The zero-order chi connectivity index (χ0) is 24.3. The second kappa shape index (κ2) is 9.93. The topological polar surface area (TPSA) is 127 Å². The molecule has 0 unspecified atom stereocenters. The lowest BCUT2D eigenvalue weighted by atomic mass is 10.0. The van der Waals surface area contributed by atoms with Crippen LogP contribution in [-0.4, -0.2) is 44.1 Å². The lowest BCUT2D eigenvalue weighted by Crippen LogP contribution is -2.31. The van der Waals surface area contributed by atoms with Gasteiger partial charge < -0.3 is 14.0 Å². The maximum absolute atomic E-state index is 12.3. The first kappa shape index (κ1) is 23.9. The van der Waals surface area contributed by atoms with E-state index < -0.39 is 10.0 Å². The Balaban J connectivity index is 1.60. The van der Waals surface area contributed by atoms with Gasteiger partial charge in [-0.1, -0.05) is 23.4 Å². The average Bonchev–Trinajstić information content (AvgIpc) is 3.45. The third-order valence-corrected chi connectivity index (χ3v) is 6.87. The number of benzene rings is 2. The van der Waals surface area contributed by atoms with E-state index in [9.17, 15) is 13.7 Å². The van der Waals surface area contributed by atoms with Crippen LogP contribution >= 0.6 is 0 Å². The third kappa shape index (κ3) is 5.12. The third-order valence-electron chi connectivity index (χ3n) is 5.53. The van der Waals surface area contributed by atoms with E-state index in [1.807, 2.05) is 32.0 Å². The van der Waals surface area contributed by atoms with E-state index in [2.05, 4.69) is 20.9 Å². The molecule has 1 aliphatic rings. The number of nitrogens with one attached hydrogen (secondary N) is 1. The van der Waals surface area contributed by atoms with Crippen molar-refractivity contribution in [2.24, 2.45) is 0 Å². The first-order valence-electron chi connectivity index (χ1n) is 11.0. The summed E-state index contributed by atoms with van der Waals surface area (Å²) in [6.07, 6.45) is 1.28. The summed E-state index contributed by atoms with van der Waals surface area (Å²) < 4.78 is 43.5. The predicted molar refractivity (Wildman–Crippen MR) is 126 cm³/mol. The quantitative estimate of drug-likeness (QED) is 0.490. The van der Waals surface area contributed by atoms with Crippen LogP contribution in [0.15, 0.2) is 40.9 Å². The van der Waals surface area contributed by atoms with Crippen molar-refractivity contribution in [3.05, 3.63) is 53.1 Å². The second-order valence-electron chi connectivity index (χ2n) is 8.31. The highest BCUT2D eigenvalue weighted by atomic mass is 32.2. The SMILES string of the molecule is COCCS(=O)(=O)N[C@H]1CCc2c(-c3noc(-c4ccc(OC(C)C)c(C#N)c4)n3)cccc21. The highest BCUT2D eigenvalue weighted by Crippen LogP contribution is 2.38. The second-order valence-corrected chi connectivity index (χ2v) is 10.2. The Morgan fingerprint density at radius 1 is 1.29 bits per heavy atom. The van der Waals surface area contributed by atoms with Crippen LogP contribution in [0.5, 0.6) is 5.75 Å². The molecule has 1 aliphatic carbocycles. The van der Waals surface area contributed by atoms with E-state index in [1.165, 1.54) is 7.11 Å². The number of nitrogens with zero attached hydrogens (tertiary/aromatic N) is 3. The Labute approximate surface area is 198 Å². The van der Waals surface area contributed by atoms with Crippen LogP contribution in [0, 0.1) is 11.3 Å². The summed E-state index contributed by atoms with van der Waals surface area (Å²) in [4.78, 5) is 4.55. The van der Waals surface area contributed by atoms with E-state index in [4.69, 9.17) is 14.0 Å². The van der Waals surface area contributed by atoms with Gasteiger partial charge in [0.15, 0.2) is 0 Å². The number of ether oxygens (including phenoxy) is 2. The van der Waals surface area contributed by atoms with Gasteiger partial charge in [-0.3, -0.25) is 0 Å². The number of rotatable bonds is 9. The molecule has 34 heavy (non-hydrogen) atoms. The molecular formula is C24H26N4O5S. The summed E-state index contributed by atoms with van der Waals surface area (Å²) in [5.74, 6) is 1.11. The van der Waals surface area contributed by atoms with Crippen LogP contribution in [0.25, 0.3) is 22.8 Å². The molecule has 1 heterocycles. The smallest absolute Gasteiger partial charge is 0.258 e. The lowest BCUT2D eigenvalue weighted by Gasteiger charge is -2.14. The summed E-state index contributed by atoms with van der Waals surface area (Å²) in [5.41, 5.74) is 3.70. The average molecular weight is 483 g/mol. The molecule has 0 saturated heterocycles. The zero-order valence-electron chi connectivity index (χ0n) is 19.2. The minimum atomic E-state index is -3.46. The van der Waals surface area contributed by atoms with Crippen molar-refractivity contribution in [1.29, 1.82) is 5.26 Å². The summed E-state index contributed by atoms with van der Waals surface area (Å²) in [7, 11) is -1.99. The van der Waals surface area contributed by atoms with Crippen molar-refractivity contribution in [1.82, 2.24) is 14.9 Å². The van der Waals surface area contributed by atoms with Gasteiger partial charge in [-0.15, -0.1) is 0 Å². The summed E-state index contributed by atoms with van der Waals surface area (Å²) in [6.45, 7) is 3.93. The fourth-order valence-electron chi connectivity index (χ4n) is 4.01. The number of fused-ring (bicyclic) bond motifs is 1. The van der Waals surface area contributed by atoms with Crippen molar-refractivity contribution < 1.29 is 22.4 Å². The lowest BCUT2D eigenvalue weighted by molar-refractivity contribution is 0.216. The van der Waals surface area contributed by atoms with Crippen LogP contribution in [-0.2, 0) is 21.2 Å². The molecule has 0 radical (unpaired) electrons. The fourth-order valence-corrected chi connectivity index (χ4v) is 5.19. The molecule has 0 saturated carbocycles. The Hall–Kier alpha value is -3.26. The maximum atomic E-state index is 12.3. The van der Waals surface area contributed by atoms with Crippen LogP contribution in [0.1, 0.15) is 43.0 Å². The molecular weight excluding hydrogens is 456 g/mol. The molecule has 0 aliphatic heterocycles. The molecule has 1 atom stereocenters. The van der Waals surface area contributed by atoms with Gasteiger partial charge in [0.05, 0.1) is 24.0 Å². The van der Waals surface area contributed by atoms with Gasteiger partial charge in [0.25, 0.3) is 5.89 Å². The van der Waals surface area contributed by atoms with Gasteiger partial charge in [-0.25, -0.2) is 13.1 Å². The number of nitriles is 1. The molecule has 3 aromatic rings. The van der Waals surface area contributed by atoms with Crippen molar-refractivity contribution in [2.75, 3.05) is 19.5 Å². The normalized spacial score (nSPS) is 15.3. The molecule has 0 fully saturated rings. The van der Waals surface area contributed by atoms with Crippen molar-refractivity contribution in [3.63, 3.8) is 0 Å². The molecule has 1 aromatic heterocycles. The van der Waals surface area contributed by atoms with Crippen LogP contribution in [0.4, 0.5) is 0 Å². The molecule has 4 rings (SSSR count). The van der Waals surface area contributed by atoms with Gasteiger partial charge in [0.1, 0.15) is 11.8 Å². The minimum absolute atomic E-state index is 0.0542. The monoisotopic (exact) mass is 482 g/mol. The van der Waals surface area contributed by atoms with Gasteiger partial charge in [-0.05, 0) is 56.0 Å². The number of hydrogen-bond donors (Lipinski definition) is 1. The van der Waals surface area contributed by atoms with Crippen LogP contribution < -0.4 is 9.46 Å². The molecule has 0 bridgehead atoms. The van der Waals surface area contributed by atoms with Gasteiger partial charge in [-0.2, -0.15) is 10.2 Å². The molecule has 0 amide bonds. The highest BCUT2D eigenvalue weighted by Gasteiger charge is 2.29. The number of methoxy groups -OCH3 is 1. The number of aromatic nitrogens is 2. The molecule has 0 spiro atoms. The first-order valence-corrected chi connectivity index (χ1v) is 12.6. The summed E-state index contributed by atoms with van der Waals surface area (Å²) >= 11 is 0. The maximum Gasteiger partial charge on any atom is 0.258 e. The highest BCUT2D eigenvalue weighted by molar-refractivity contribution is 7.89. The Bertz CT molecular complexity index is 1330. The van der Waals surface area contributed by atoms with E-state index >= 15 is 0 Å². The Morgan fingerprint density at radius 2 is 2.12 bits per heavy atom. The van der Waals surface area contributed by atoms with Gasteiger partial charge in [0.2, 0.25) is 15.8 Å². The van der Waals surface area contributed by atoms with Gasteiger partial charge >= 0.3 is 0 Å². The van der Waals surface area contributed by atoms with Crippen molar-refractivity contribution in [3.8, 4) is 34.7 Å². The largest absolute Gasteiger partial charge is 0.490 e. The molecule has 1 N–H and O–H groups in total. The summed E-state index contributed by atoms with van der Waals surface area (Å²) in [5, 5.41) is 13.6. The van der Waals surface area contributed by atoms with Crippen LogP contribution in [0.2, 0.25) is 0 Å². The van der Waals surface area contributed by atoms with E-state index in [1.54, 1.807) is 18.2 Å². The van der Waals surface area contributed by atoms with E-state index in [0.29, 0.717) is 35.5 Å². The molecule has 178 valence electrons. The predicted octanol–water partition coefficient (Wildman–Crippen LogP) is 3.62.